The second-order valence-electron chi connectivity index (χ2n) is 12.4. The third-order valence-electron chi connectivity index (χ3n) is 9.65. The van der Waals surface area contributed by atoms with E-state index >= 15 is 0 Å². The third-order valence-corrected chi connectivity index (χ3v) is 11.9. The van der Waals surface area contributed by atoms with Crippen molar-refractivity contribution in [1.29, 1.82) is 0 Å². The van der Waals surface area contributed by atoms with Gasteiger partial charge in [0.05, 0.1) is 21.5 Å². The number of thioether (sulfide) groups is 1. The van der Waals surface area contributed by atoms with Gasteiger partial charge >= 0.3 is 0 Å². The monoisotopic (exact) mass is 663 g/mol. The van der Waals surface area contributed by atoms with Crippen molar-refractivity contribution in [3.8, 4) is 11.1 Å². The van der Waals surface area contributed by atoms with Gasteiger partial charge in [0.15, 0.2) is 0 Å². The molecule has 238 valence electrons. The minimum atomic E-state index is -0.671. The van der Waals surface area contributed by atoms with Crippen molar-refractivity contribution in [2.24, 2.45) is 0 Å². The third kappa shape index (κ3) is 5.31. The summed E-state index contributed by atoms with van der Waals surface area (Å²) in [6, 6.07) is 43.7. The van der Waals surface area contributed by atoms with Crippen LogP contribution in [0.1, 0.15) is 52.6 Å². The Hall–Kier alpha value is -4.72. The van der Waals surface area contributed by atoms with Crippen molar-refractivity contribution < 1.29 is 0 Å². The van der Waals surface area contributed by atoms with Crippen LogP contribution in [0.3, 0.4) is 0 Å². The van der Waals surface area contributed by atoms with Crippen LogP contribution in [0.4, 0.5) is 5.82 Å². The van der Waals surface area contributed by atoms with E-state index in [0.717, 1.165) is 69.6 Å². The molecule has 1 atom stereocenters. The Morgan fingerprint density at radius 2 is 1.44 bits per heavy atom. The first-order valence-electron chi connectivity index (χ1n) is 16.6. The molecule has 0 spiro atoms. The number of benzene rings is 4. The van der Waals surface area contributed by atoms with Gasteiger partial charge in [0, 0.05) is 28.6 Å². The normalized spacial score (nSPS) is 15.2. The van der Waals surface area contributed by atoms with Gasteiger partial charge in [-0.05, 0) is 79.0 Å². The minimum absolute atomic E-state index is 0.319. The summed E-state index contributed by atoms with van der Waals surface area (Å²) in [7, 11) is 0. The van der Waals surface area contributed by atoms with E-state index in [9.17, 15) is 0 Å². The molecule has 0 bridgehead atoms. The van der Waals surface area contributed by atoms with Crippen LogP contribution in [-0.2, 0) is 5.54 Å². The van der Waals surface area contributed by atoms with Crippen molar-refractivity contribution in [2.45, 2.75) is 42.0 Å². The van der Waals surface area contributed by atoms with Gasteiger partial charge < -0.3 is 4.90 Å². The number of fused-ring (bicyclic) bond motifs is 1. The molecule has 0 saturated carbocycles. The molecule has 0 aliphatic carbocycles. The first-order valence-corrected chi connectivity index (χ1v) is 18.6. The largest absolute Gasteiger partial charge is 0.348 e. The van der Waals surface area contributed by atoms with Crippen molar-refractivity contribution >= 4 is 39.8 Å². The van der Waals surface area contributed by atoms with E-state index in [1.807, 2.05) is 23.1 Å². The molecule has 7 heteroatoms. The van der Waals surface area contributed by atoms with Gasteiger partial charge in [-0.1, -0.05) is 97.1 Å². The lowest BCUT2D eigenvalue weighted by molar-refractivity contribution is 0.458. The maximum Gasteiger partial charge on any atom is 0.140 e. The zero-order chi connectivity index (χ0) is 32.5. The average Bonchev–Trinajstić information content (AvgIpc) is 3.80. The Morgan fingerprint density at radius 1 is 0.771 bits per heavy atom. The number of hydrogen-bond donors (Lipinski definition) is 0. The summed E-state index contributed by atoms with van der Waals surface area (Å²) < 4.78 is 3.53. The van der Waals surface area contributed by atoms with Crippen LogP contribution in [0.2, 0.25) is 0 Å². The summed E-state index contributed by atoms with van der Waals surface area (Å²) in [5.74, 6) is 1.02. The summed E-state index contributed by atoms with van der Waals surface area (Å²) in [4.78, 5) is 13.6. The Balaban J connectivity index is 1.28. The average molecular weight is 664 g/mol. The number of rotatable bonds is 8. The number of aryl methyl sites for hydroxylation is 1. The quantitative estimate of drug-likeness (QED) is 0.120. The molecule has 5 nitrogen and oxygen atoms in total. The van der Waals surface area contributed by atoms with Crippen molar-refractivity contribution in [1.82, 2.24) is 19.7 Å². The van der Waals surface area contributed by atoms with E-state index in [1.165, 1.54) is 15.5 Å². The van der Waals surface area contributed by atoms with E-state index in [0.29, 0.717) is 6.04 Å². The highest BCUT2D eigenvalue weighted by Crippen LogP contribution is 2.44. The number of thiophene rings is 1. The van der Waals surface area contributed by atoms with Gasteiger partial charge in [0.1, 0.15) is 17.7 Å². The summed E-state index contributed by atoms with van der Waals surface area (Å²) in [6.07, 6.45) is 9.63. The highest BCUT2D eigenvalue weighted by molar-refractivity contribution is 8.00. The predicted octanol–water partition coefficient (Wildman–Crippen LogP) is 10.2. The number of piperidine rings is 1. The van der Waals surface area contributed by atoms with Gasteiger partial charge in [0.2, 0.25) is 0 Å². The molecule has 1 fully saturated rings. The molecule has 1 unspecified atom stereocenters. The summed E-state index contributed by atoms with van der Waals surface area (Å²) in [5, 5.41) is 6.40. The maximum atomic E-state index is 5.32. The lowest BCUT2D eigenvalue weighted by Crippen LogP contribution is -2.38. The molecule has 4 aromatic carbocycles. The van der Waals surface area contributed by atoms with Gasteiger partial charge in [-0.3, -0.25) is 4.68 Å². The second kappa shape index (κ2) is 13.1. The molecule has 0 amide bonds. The van der Waals surface area contributed by atoms with E-state index < -0.39 is 5.54 Å². The van der Waals surface area contributed by atoms with E-state index in [2.05, 4.69) is 150 Å². The zero-order valence-corrected chi connectivity index (χ0v) is 28.8. The Labute approximate surface area is 290 Å². The van der Waals surface area contributed by atoms with Crippen LogP contribution in [-0.4, -0.2) is 32.5 Å². The van der Waals surface area contributed by atoms with Gasteiger partial charge in [-0.15, -0.1) is 23.1 Å². The molecule has 7 aromatic rings. The Bertz CT molecular complexity index is 2060. The molecular formula is C41H37N5S2. The smallest absolute Gasteiger partial charge is 0.140 e. The Morgan fingerprint density at radius 3 is 2.06 bits per heavy atom. The van der Waals surface area contributed by atoms with Crippen molar-refractivity contribution in [3.63, 3.8) is 0 Å². The molecule has 3 aromatic heterocycles. The fourth-order valence-corrected chi connectivity index (χ4v) is 9.11. The van der Waals surface area contributed by atoms with Crippen LogP contribution >= 0.6 is 23.1 Å². The van der Waals surface area contributed by atoms with Crippen LogP contribution < -0.4 is 4.90 Å². The SMILES string of the molecule is CSc1ccc(C2CCCCN2c2ncnc3ccc(-c4cn(C(c5ccccc5)(c5ccccc5)c5ccccc5)nc4C)cc23)s1. The van der Waals surface area contributed by atoms with Crippen molar-refractivity contribution in [2.75, 3.05) is 17.7 Å². The van der Waals surface area contributed by atoms with Crippen molar-refractivity contribution in [3.05, 3.63) is 161 Å². The predicted molar refractivity (Wildman–Crippen MR) is 200 cm³/mol. The van der Waals surface area contributed by atoms with Crippen LogP contribution in [0, 0.1) is 6.92 Å². The zero-order valence-electron chi connectivity index (χ0n) is 27.2. The first-order chi connectivity index (χ1) is 23.7. The van der Waals surface area contributed by atoms with Crippen LogP contribution in [0.5, 0.6) is 0 Å². The van der Waals surface area contributed by atoms with Crippen LogP contribution in [0.15, 0.2) is 138 Å². The molecule has 4 heterocycles. The maximum absolute atomic E-state index is 5.32. The minimum Gasteiger partial charge on any atom is -0.348 e. The highest BCUT2D eigenvalue weighted by atomic mass is 32.2. The fourth-order valence-electron chi connectivity index (χ4n) is 7.39. The topological polar surface area (TPSA) is 46.8 Å². The molecule has 0 N–H and O–H groups in total. The van der Waals surface area contributed by atoms with Gasteiger partial charge in [-0.25, -0.2) is 9.97 Å². The van der Waals surface area contributed by atoms with E-state index in [-0.39, 0.29) is 0 Å². The number of aromatic nitrogens is 4. The molecular weight excluding hydrogens is 627 g/mol. The first kappa shape index (κ1) is 30.6. The lowest BCUT2D eigenvalue weighted by Gasteiger charge is -2.36. The highest BCUT2D eigenvalue weighted by Gasteiger charge is 2.40. The molecule has 1 saturated heterocycles. The molecule has 8 rings (SSSR count). The number of nitrogens with zero attached hydrogens (tertiary/aromatic N) is 5. The number of anilines is 1. The molecule has 48 heavy (non-hydrogen) atoms. The number of hydrogen-bond acceptors (Lipinski definition) is 6. The van der Waals surface area contributed by atoms with E-state index in [4.69, 9.17) is 15.1 Å². The fraction of sp³-hybridized carbons (Fsp3) is 0.195. The summed E-state index contributed by atoms with van der Waals surface area (Å²) >= 11 is 3.73. The lowest BCUT2D eigenvalue weighted by atomic mass is 9.77. The van der Waals surface area contributed by atoms with Gasteiger partial charge in [-0.2, -0.15) is 5.10 Å². The summed E-state index contributed by atoms with van der Waals surface area (Å²) in [5.41, 5.74) is 6.92. The molecule has 0 radical (unpaired) electrons. The standard InChI is InChI=1S/C41H37N5S2/c1-29-35(27-46(44-29)41(31-14-6-3-7-15-31,32-16-8-4-9-17-32)33-18-10-5-11-19-33)30-21-22-36-34(26-30)40(43-28-42-36)45-25-13-12-20-37(45)38-23-24-39(47-2)48-38/h3-11,14-19,21-24,26-28,37H,12-13,20,25H2,1-2H3. The Kier molecular flexibility index (Phi) is 8.33. The molecule has 1 aliphatic rings. The second-order valence-corrected chi connectivity index (χ2v) is 14.6. The molecule has 1 aliphatic heterocycles. The van der Waals surface area contributed by atoms with Crippen LogP contribution in [0.25, 0.3) is 22.0 Å². The van der Waals surface area contributed by atoms with E-state index in [1.54, 1.807) is 6.33 Å². The van der Waals surface area contributed by atoms with Gasteiger partial charge in [0.25, 0.3) is 0 Å². The summed E-state index contributed by atoms with van der Waals surface area (Å²) in [6.45, 7) is 3.10.